The molecule has 246 valence electrons. The minimum Gasteiger partial charge on any atom is -0.481 e. The second-order valence-electron chi connectivity index (χ2n) is 11.1. The maximum absolute atomic E-state index is 13.6. The summed E-state index contributed by atoms with van der Waals surface area (Å²) in [6, 6.07) is 3.78. The third-order valence-electron chi connectivity index (χ3n) is 7.50. The number of hydrogen-bond donors (Lipinski definition) is 9. The Morgan fingerprint density at radius 2 is 1.44 bits per heavy atom. The van der Waals surface area contributed by atoms with Gasteiger partial charge < -0.3 is 48.5 Å². The molecule has 5 amide bonds. The summed E-state index contributed by atoms with van der Waals surface area (Å²) in [6.07, 6.45) is 1.80. The van der Waals surface area contributed by atoms with E-state index >= 15 is 0 Å². The van der Waals surface area contributed by atoms with Gasteiger partial charge in [-0.25, -0.2) is 0 Å². The zero-order chi connectivity index (χ0) is 32.8. The van der Waals surface area contributed by atoms with Crippen molar-refractivity contribution in [2.24, 2.45) is 16.5 Å². The lowest BCUT2D eigenvalue weighted by atomic mass is 10.0. The number of rotatable bonds is 11. The fourth-order valence-electron chi connectivity index (χ4n) is 5.08. The number of nitrogens with one attached hydrogen (secondary N) is 6. The molecular weight excluding hydrogens is 586 g/mol. The van der Waals surface area contributed by atoms with Crippen LogP contribution < -0.4 is 43.4 Å². The van der Waals surface area contributed by atoms with Gasteiger partial charge in [0, 0.05) is 19.0 Å². The molecular formula is C29H43N9O7. The lowest BCUT2D eigenvalue weighted by molar-refractivity contribution is -0.141. The Balaban J connectivity index is 1.91. The Kier molecular flexibility index (Phi) is 13.5. The summed E-state index contributed by atoms with van der Waals surface area (Å²) in [5.74, 6) is -4.80. The maximum Gasteiger partial charge on any atom is 0.305 e. The van der Waals surface area contributed by atoms with Crippen LogP contribution in [0.5, 0.6) is 0 Å². The first-order valence-electron chi connectivity index (χ1n) is 15.1. The van der Waals surface area contributed by atoms with E-state index in [9.17, 15) is 33.9 Å². The minimum absolute atomic E-state index is 0.0206. The number of aliphatic carboxylic acids is 1. The van der Waals surface area contributed by atoms with Crippen LogP contribution in [-0.2, 0) is 35.2 Å². The molecule has 5 atom stereocenters. The predicted molar refractivity (Wildman–Crippen MR) is 163 cm³/mol. The highest BCUT2D eigenvalue weighted by atomic mass is 16.4. The molecule has 1 aromatic rings. The first-order valence-corrected chi connectivity index (χ1v) is 15.1. The summed E-state index contributed by atoms with van der Waals surface area (Å²) in [5, 5.41) is 25.2. The molecule has 2 aliphatic heterocycles. The van der Waals surface area contributed by atoms with Crippen LogP contribution in [0, 0.1) is 0 Å². The summed E-state index contributed by atoms with van der Waals surface area (Å²) in [7, 11) is 0. The molecule has 1 saturated heterocycles. The third kappa shape index (κ3) is 11.7. The molecule has 16 nitrogen and oxygen atoms in total. The average Bonchev–Trinajstić information content (AvgIpc) is 3.00. The van der Waals surface area contributed by atoms with E-state index < -0.39 is 72.6 Å². The SMILES string of the molecule is NCCCC[C@@H]1NC(=O)[C@@H](Cc2ccccc2)NC(=O)[C@H](CC(=O)O)NC(=O)CNC(=O)[C@H](CCC2CCN=C(N)N2)NC1=O. The molecule has 1 fully saturated rings. The minimum atomic E-state index is -1.54. The predicted octanol–water partition coefficient (Wildman–Crippen LogP) is -2.64. The first-order chi connectivity index (χ1) is 21.5. The lowest BCUT2D eigenvalue weighted by Gasteiger charge is -2.27. The molecule has 2 aliphatic rings. The van der Waals surface area contributed by atoms with Crippen molar-refractivity contribution < 1.29 is 33.9 Å². The fraction of sp³-hybridized carbons (Fsp3) is 0.552. The van der Waals surface area contributed by atoms with Crippen LogP contribution in [0.4, 0.5) is 0 Å². The van der Waals surface area contributed by atoms with Gasteiger partial charge in [0.25, 0.3) is 0 Å². The molecule has 1 aromatic carbocycles. The van der Waals surface area contributed by atoms with Crippen LogP contribution in [0.25, 0.3) is 0 Å². The summed E-state index contributed by atoms with van der Waals surface area (Å²) in [5.41, 5.74) is 12.1. The molecule has 0 spiro atoms. The second kappa shape index (κ2) is 17.5. The molecule has 0 aromatic heterocycles. The highest BCUT2D eigenvalue weighted by Gasteiger charge is 2.33. The molecule has 2 heterocycles. The normalized spacial score (nSPS) is 25.1. The van der Waals surface area contributed by atoms with Crippen LogP contribution in [-0.4, -0.2) is 96.4 Å². The number of guanidine groups is 1. The highest BCUT2D eigenvalue weighted by Crippen LogP contribution is 2.11. The molecule has 0 bridgehead atoms. The molecule has 45 heavy (non-hydrogen) atoms. The average molecular weight is 630 g/mol. The molecule has 0 saturated carbocycles. The zero-order valence-electron chi connectivity index (χ0n) is 25.1. The number of benzene rings is 1. The fourth-order valence-corrected chi connectivity index (χ4v) is 5.08. The zero-order valence-corrected chi connectivity index (χ0v) is 25.1. The van der Waals surface area contributed by atoms with Gasteiger partial charge in [-0.2, -0.15) is 0 Å². The lowest BCUT2D eigenvalue weighted by Crippen LogP contribution is -2.58. The summed E-state index contributed by atoms with van der Waals surface area (Å²) >= 11 is 0. The number of unbranched alkanes of at least 4 members (excludes halogenated alkanes) is 1. The highest BCUT2D eigenvalue weighted by molar-refractivity contribution is 5.98. The van der Waals surface area contributed by atoms with Crippen molar-refractivity contribution in [2.75, 3.05) is 19.6 Å². The number of nitrogens with two attached hydrogens (primary N) is 2. The largest absolute Gasteiger partial charge is 0.481 e. The number of carbonyl (C=O) groups is 6. The Morgan fingerprint density at radius 3 is 2.11 bits per heavy atom. The van der Waals surface area contributed by atoms with Crippen LogP contribution in [0.2, 0.25) is 0 Å². The monoisotopic (exact) mass is 629 g/mol. The number of hydrogen-bond acceptors (Lipinski definition) is 10. The van der Waals surface area contributed by atoms with Crippen molar-refractivity contribution in [2.45, 2.75) is 81.6 Å². The van der Waals surface area contributed by atoms with Crippen LogP contribution in [0.3, 0.4) is 0 Å². The van der Waals surface area contributed by atoms with Crippen LogP contribution >= 0.6 is 0 Å². The Hall–Kier alpha value is -4.73. The van der Waals surface area contributed by atoms with Gasteiger partial charge in [-0.1, -0.05) is 30.3 Å². The van der Waals surface area contributed by atoms with Gasteiger partial charge in [0.2, 0.25) is 29.5 Å². The molecule has 1 unspecified atom stereocenters. The number of nitrogens with zero attached hydrogens (tertiary/aromatic N) is 1. The van der Waals surface area contributed by atoms with Gasteiger partial charge >= 0.3 is 5.97 Å². The van der Waals surface area contributed by atoms with Crippen molar-refractivity contribution in [3.8, 4) is 0 Å². The third-order valence-corrected chi connectivity index (χ3v) is 7.50. The van der Waals surface area contributed by atoms with Gasteiger partial charge in [-0.05, 0) is 50.6 Å². The number of amides is 5. The summed E-state index contributed by atoms with van der Waals surface area (Å²) in [4.78, 5) is 82.1. The Bertz CT molecular complexity index is 1240. The van der Waals surface area contributed by atoms with Crippen molar-refractivity contribution in [1.82, 2.24) is 31.9 Å². The Labute approximate surface area is 260 Å². The van der Waals surface area contributed by atoms with E-state index in [2.05, 4.69) is 36.9 Å². The standard InChI is InChI=1S/C29H43N9O7/c30-12-5-4-8-19-26(43)37-20(10-9-18-11-13-32-29(31)34-18)25(42)33-16-23(39)35-22(15-24(40)41)28(45)38-21(27(44)36-19)14-17-6-2-1-3-7-17/h1-3,6-7,18-22H,4-5,8-16,30H2,(H,33,42)(H,35,39)(H,36,44)(H,37,43)(H,38,45)(H,40,41)(H3,31,32,34)/t18?,19-,20-,21+,22-/m0/s1. The van der Waals surface area contributed by atoms with Gasteiger partial charge in [0.05, 0.1) is 13.0 Å². The van der Waals surface area contributed by atoms with Crippen molar-refractivity contribution in [3.63, 3.8) is 0 Å². The number of carbonyl (C=O) groups excluding carboxylic acids is 5. The first kappa shape index (κ1) is 34.8. The summed E-state index contributed by atoms with van der Waals surface area (Å²) < 4.78 is 0. The van der Waals surface area contributed by atoms with Crippen molar-refractivity contribution in [1.29, 1.82) is 0 Å². The van der Waals surface area contributed by atoms with E-state index in [1.165, 1.54) is 0 Å². The van der Waals surface area contributed by atoms with E-state index in [0.717, 1.165) is 0 Å². The van der Waals surface area contributed by atoms with Crippen LogP contribution in [0.15, 0.2) is 35.3 Å². The van der Waals surface area contributed by atoms with Gasteiger partial charge in [-0.3, -0.25) is 33.8 Å². The number of carboxylic acid groups (broad SMARTS) is 1. The van der Waals surface area contributed by atoms with Crippen LogP contribution in [0.1, 0.15) is 50.5 Å². The maximum atomic E-state index is 13.6. The van der Waals surface area contributed by atoms with E-state index in [4.69, 9.17) is 11.5 Å². The quantitative estimate of drug-likeness (QED) is 0.115. The van der Waals surface area contributed by atoms with Crippen molar-refractivity contribution >= 4 is 41.5 Å². The van der Waals surface area contributed by atoms with Crippen molar-refractivity contribution in [3.05, 3.63) is 35.9 Å². The van der Waals surface area contributed by atoms with Gasteiger partial charge in [0.15, 0.2) is 5.96 Å². The van der Waals surface area contributed by atoms with E-state index in [1.54, 1.807) is 30.3 Å². The summed E-state index contributed by atoms with van der Waals surface area (Å²) in [6.45, 7) is 0.295. The number of aliphatic imine (C=N–C) groups is 1. The van der Waals surface area contributed by atoms with E-state index in [0.29, 0.717) is 44.3 Å². The number of carboxylic acids is 1. The van der Waals surface area contributed by atoms with E-state index in [-0.39, 0.29) is 31.3 Å². The Morgan fingerprint density at radius 1 is 0.800 bits per heavy atom. The molecule has 11 N–H and O–H groups in total. The van der Waals surface area contributed by atoms with Gasteiger partial charge in [-0.15, -0.1) is 0 Å². The topological polar surface area (TPSA) is 259 Å². The molecule has 0 aliphatic carbocycles. The second-order valence-corrected chi connectivity index (χ2v) is 11.1. The molecule has 0 radical (unpaired) electrons. The molecule has 16 heteroatoms. The van der Waals surface area contributed by atoms with Gasteiger partial charge in [0.1, 0.15) is 24.2 Å². The van der Waals surface area contributed by atoms with E-state index in [1.807, 2.05) is 0 Å². The smallest absolute Gasteiger partial charge is 0.305 e. The molecule has 3 rings (SSSR count).